The summed E-state index contributed by atoms with van der Waals surface area (Å²) in [6, 6.07) is 9.16. The number of nitrogens with zero attached hydrogens (tertiary/aromatic N) is 1. The summed E-state index contributed by atoms with van der Waals surface area (Å²) in [6.45, 7) is 6.06. The van der Waals surface area contributed by atoms with Gasteiger partial charge < -0.3 is 15.0 Å². The third-order valence-corrected chi connectivity index (χ3v) is 4.68. The molecule has 3 heteroatoms. The fourth-order valence-corrected chi connectivity index (χ4v) is 3.30. The highest BCUT2D eigenvalue weighted by atomic mass is 16.5. The number of piperidine rings is 1. The molecule has 21 heavy (non-hydrogen) atoms. The SMILES string of the molecule is CNCC1CCCN(C(C)CCc2ccc(OC)cc2)C1. The van der Waals surface area contributed by atoms with E-state index in [0.717, 1.165) is 24.6 Å². The zero-order valence-corrected chi connectivity index (χ0v) is 13.8. The first kappa shape index (κ1) is 16.3. The van der Waals surface area contributed by atoms with E-state index in [1.54, 1.807) is 7.11 Å². The monoisotopic (exact) mass is 290 g/mol. The van der Waals surface area contributed by atoms with Crippen molar-refractivity contribution in [3.05, 3.63) is 29.8 Å². The van der Waals surface area contributed by atoms with Crippen LogP contribution in [0.5, 0.6) is 5.75 Å². The lowest BCUT2D eigenvalue weighted by molar-refractivity contribution is 0.126. The highest BCUT2D eigenvalue weighted by molar-refractivity contribution is 5.27. The minimum atomic E-state index is 0.673. The van der Waals surface area contributed by atoms with Gasteiger partial charge in [-0.05, 0) is 76.4 Å². The van der Waals surface area contributed by atoms with Crippen LogP contribution >= 0.6 is 0 Å². The van der Waals surface area contributed by atoms with E-state index in [1.165, 1.54) is 37.9 Å². The number of rotatable bonds is 7. The topological polar surface area (TPSA) is 24.5 Å². The Bertz CT molecular complexity index is 402. The molecule has 0 aromatic heterocycles. The van der Waals surface area contributed by atoms with Gasteiger partial charge in [0.15, 0.2) is 0 Å². The van der Waals surface area contributed by atoms with Gasteiger partial charge in [-0.1, -0.05) is 12.1 Å². The first-order chi connectivity index (χ1) is 10.2. The van der Waals surface area contributed by atoms with E-state index in [1.807, 2.05) is 0 Å². The second-order valence-electron chi connectivity index (χ2n) is 6.30. The third-order valence-electron chi connectivity index (χ3n) is 4.68. The Morgan fingerprint density at radius 2 is 2.10 bits per heavy atom. The van der Waals surface area contributed by atoms with Crippen LogP contribution in [-0.4, -0.2) is 44.7 Å². The van der Waals surface area contributed by atoms with Crippen LogP contribution in [-0.2, 0) is 6.42 Å². The second-order valence-corrected chi connectivity index (χ2v) is 6.30. The molecule has 0 amide bonds. The molecule has 1 aliphatic rings. The molecule has 2 unspecified atom stereocenters. The van der Waals surface area contributed by atoms with E-state index >= 15 is 0 Å². The number of benzene rings is 1. The van der Waals surface area contributed by atoms with Gasteiger partial charge in [0.05, 0.1) is 7.11 Å². The van der Waals surface area contributed by atoms with Gasteiger partial charge in [0, 0.05) is 12.6 Å². The zero-order chi connectivity index (χ0) is 15.1. The molecule has 2 rings (SSSR count). The molecule has 1 heterocycles. The van der Waals surface area contributed by atoms with Gasteiger partial charge >= 0.3 is 0 Å². The molecular formula is C18H30N2O. The summed E-state index contributed by atoms with van der Waals surface area (Å²) < 4.78 is 5.21. The minimum Gasteiger partial charge on any atom is -0.497 e. The molecule has 0 aliphatic carbocycles. The number of methoxy groups -OCH3 is 1. The lowest BCUT2D eigenvalue weighted by Gasteiger charge is -2.37. The Balaban J connectivity index is 1.78. The summed E-state index contributed by atoms with van der Waals surface area (Å²) in [4.78, 5) is 2.68. The second kappa shape index (κ2) is 8.40. The minimum absolute atomic E-state index is 0.673. The number of nitrogens with one attached hydrogen (secondary N) is 1. The van der Waals surface area contributed by atoms with Crippen LogP contribution < -0.4 is 10.1 Å². The molecule has 3 nitrogen and oxygen atoms in total. The smallest absolute Gasteiger partial charge is 0.118 e. The van der Waals surface area contributed by atoms with Crippen LogP contribution in [0.25, 0.3) is 0 Å². The van der Waals surface area contributed by atoms with Crippen LogP contribution in [0.4, 0.5) is 0 Å². The van der Waals surface area contributed by atoms with Crippen molar-refractivity contribution in [2.24, 2.45) is 5.92 Å². The highest BCUT2D eigenvalue weighted by Gasteiger charge is 2.22. The number of likely N-dealkylation sites (tertiary alicyclic amines) is 1. The number of ether oxygens (including phenoxy) is 1. The number of hydrogen-bond donors (Lipinski definition) is 1. The van der Waals surface area contributed by atoms with Gasteiger partial charge in [0.1, 0.15) is 5.75 Å². The Labute approximate surface area is 129 Å². The maximum atomic E-state index is 5.21. The molecule has 1 saturated heterocycles. The van der Waals surface area contributed by atoms with E-state index in [9.17, 15) is 0 Å². The van der Waals surface area contributed by atoms with Crippen LogP contribution in [0.3, 0.4) is 0 Å². The van der Waals surface area contributed by atoms with Gasteiger partial charge in [-0.15, -0.1) is 0 Å². The fourth-order valence-electron chi connectivity index (χ4n) is 3.30. The summed E-state index contributed by atoms with van der Waals surface area (Å²) in [5.74, 6) is 1.77. The molecular weight excluding hydrogens is 260 g/mol. The molecule has 1 aromatic carbocycles. The first-order valence-electron chi connectivity index (χ1n) is 8.24. The van der Waals surface area contributed by atoms with Crippen molar-refractivity contribution < 1.29 is 4.74 Å². The molecule has 2 atom stereocenters. The summed E-state index contributed by atoms with van der Waals surface area (Å²) in [5, 5.41) is 3.33. The third kappa shape index (κ3) is 5.01. The maximum Gasteiger partial charge on any atom is 0.118 e. The Morgan fingerprint density at radius 3 is 2.76 bits per heavy atom. The number of hydrogen-bond acceptors (Lipinski definition) is 3. The fraction of sp³-hybridized carbons (Fsp3) is 0.667. The maximum absolute atomic E-state index is 5.21. The summed E-state index contributed by atoms with van der Waals surface area (Å²) in [6.07, 6.45) is 5.11. The molecule has 0 saturated carbocycles. The van der Waals surface area contributed by atoms with Crippen molar-refractivity contribution in [1.82, 2.24) is 10.2 Å². The standard InChI is InChI=1S/C18H30N2O/c1-15(20-12-4-5-17(14-20)13-19-2)6-7-16-8-10-18(21-3)11-9-16/h8-11,15,17,19H,4-7,12-14H2,1-3H3. The Kier molecular flexibility index (Phi) is 6.52. The van der Waals surface area contributed by atoms with Crippen LogP contribution in [0.15, 0.2) is 24.3 Å². The predicted octanol–water partition coefficient (Wildman–Crippen LogP) is 2.95. The average Bonchev–Trinajstić information content (AvgIpc) is 2.53. The predicted molar refractivity (Wildman–Crippen MR) is 89.0 cm³/mol. The summed E-state index contributed by atoms with van der Waals surface area (Å²) in [7, 11) is 3.78. The average molecular weight is 290 g/mol. The Hall–Kier alpha value is -1.06. The van der Waals surface area contributed by atoms with Crippen molar-refractivity contribution in [3.63, 3.8) is 0 Å². The molecule has 118 valence electrons. The van der Waals surface area contributed by atoms with E-state index in [4.69, 9.17) is 4.74 Å². The molecule has 0 radical (unpaired) electrons. The van der Waals surface area contributed by atoms with Crippen molar-refractivity contribution in [3.8, 4) is 5.75 Å². The van der Waals surface area contributed by atoms with Gasteiger partial charge in [0.2, 0.25) is 0 Å². The normalized spacial score (nSPS) is 21.2. The van der Waals surface area contributed by atoms with Crippen molar-refractivity contribution in [1.29, 1.82) is 0 Å². The molecule has 0 bridgehead atoms. The quantitative estimate of drug-likeness (QED) is 0.835. The van der Waals surface area contributed by atoms with E-state index in [0.29, 0.717) is 6.04 Å². The Morgan fingerprint density at radius 1 is 1.33 bits per heavy atom. The van der Waals surface area contributed by atoms with E-state index in [2.05, 4.69) is 48.5 Å². The molecule has 1 fully saturated rings. The highest BCUT2D eigenvalue weighted by Crippen LogP contribution is 2.20. The molecule has 1 aliphatic heterocycles. The summed E-state index contributed by atoms with van der Waals surface area (Å²) in [5.41, 5.74) is 1.41. The van der Waals surface area contributed by atoms with E-state index < -0.39 is 0 Å². The summed E-state index contributed by atoms with van der Waals surface area (Å²) >= 11 is 0. The van der Waals surface area contributed by atoms with Crippen molar-refractivity contribution >= 4 is 0 Å². The van der Waals surface area contributed by atoms with Gasteiger partial charge in [-0.3, -0.25) is 0 Å². The van der Waals surface area contributed by atoms with Gasteiger partial charge in [-0.25, -0.2) is 0 Å². The largest absolute Gasteiger partial charge is 0.497 e. The zero-order valence-electron chi connectivity index (χ0n) is 13.8. The molecule has 1 N–H and O–H groups in total. The van der Waals surface area contributed by atoms with E-state index in [-0.39, 0.29) is 0 Å². The van der Waals surface area contributed by atoms with Crippen molar-refractivity contribution in [2.45, 2.75) is 38.6 Å². The molecule has 0 spiro atoms. The van der Waals surface area contributed by atoms with Gasteiger partial charge in [0.25, 0.3) is 0 Å². The van der Waals surface area contributed by atoms with Gasteiger partial charge in [-0.2, -0.15) is 0 Å². The lowest BCUT2D eigenvalue weighted by Crippen LogP contribution is -2.43. The van der Waals surface area contributed by atoms with Crippen molar-refractivity contribution in [2.75, 3.05) is 33.8 Å². The van der Waals surface area contributed by atoms with Crippen LogP contribution in [0, 0.1) is 5.92 Å². The number of aryl methyl sites for hydroxylation is 1. The lowest BCUT2D eigenvalue weighted by atomic mass is 9.95. The van der Waals surface area contributed by atoms with Crippen LogP contribution in [0.2, 0.25) is 0 Å². The first-order valence-corrected chi connectivity index (χ1v) is 8.24. The van der Waals surface area contributed by atoms with Crippen LogP contribution in [0.1, 0.15) is 31.7 Å². The molecule has 1 aromatic rings.